The Kier molecular flexibility index (Phi) is 3.82. The van der Waals surface area contributed by atoms with Crippen LogP contribution in [0.4, 0.5) is 5.69 Å². The van der Waals surface area contributed by atoms with Crippen LogP contribution in [0.5, 0.6) is 0 Å². The van der Waals surface area contributed by atoms with Gasteiger partial charge in [0, 0.05) is 54.3 Å². The van der Waals surface area contributed by atoms with Crippen LogP contribution in [0.1, 0.15) is 40.0 Å². The van der Waals surface area contributed by atoms with Gasteiger partial charge in [0.05, 0.1) is 42.0 Å². The topological polar surface area (TPSA) is 83.1 Å². The van der Waals surface area contributed by atoms with Crippen molar-refractivity contribution in [2.24, 2.45) is 0 Å². The predicted octanol–water partition coefficient (Wildman–Crippen LogP) is 2.85. The summed E-state index contributed by atoms with van der Waals surface area (Å²) < 4.78 is 5.49. The summed E-state index contributed by atoms with van der Waals surface area (Å²) in [6, 6.07) is 4.34. The summed E-state index contributed by atoms with van der Waals surface area (Å²) in [4.78, 5) is 28.1. The SMILES string of the molecule is O=C1NCC2(CC2)c2[nH]c3c(c21)CCc1cnc(-c2cncc(N4CCOCC4)c2)cc1-3. The van der Waals surface area contributed by atoms with Gasteiger partial charge in [0.25, 0.3) is 5.91 Å². The zero-order valence-corrected chi connectivity index (χ0v) is 17.9. The third-order valence-corrected chi connectivity index (χ3v) is 7.60. The van der Waals surface area contributed by atoms with E-state index in [9.17, 15) is 4.79 Å². The molecule has 3 aromatic heterocycles. The number of hydrogen-bond acceptors (Lipinski definition) is 5. The van der Waals surface area contributed by atoms with E-state index in [1.807, 2.05) is 18.6 Å². The normalized spacial score (nSPS) is 20.4. The molecular formula is C25H25N5O2. The Morgan fingerprint density at radius 3 is 2.78 bits per heavy atom. The van der Waals surface area contributed by atoms with Gasteiger partial charge in [-0.15, -0.1) is 0 Å². The van der Waals surface area contributed by atoms with Crippen molar-refractivity contribution in [3.63, 3.8) is 0 Å². The standard InChI is InChI=1S/C25H25N5O2/c31-24-21-18-2-1-15-12-27-20(16-9-17(13-26-11-16)30-5-7-32-8-6-30)10-19(15)22(18)29-23(21)25(3-4-25)14-28-24/h9-13,29H,1-8,14H2,(H,28,31). The molecule has 1 amide bonds. The molecule has 0 aromatic carbocycles. The first kappa shape index (κ1) is 18.4. The van der Waals surface area contributed by atoms with Gasteiger partial charge in [-0.3, -0.25) is 14.8 Å². The number of carbonyl (C=O) groups excluding carboxylic acids is 1. The Morgan fingerprint density at radius 2 is 1.94 bits per heavy atom. The number of rotatable bonds is 2. The van der Waals surface area contributed by atoms with Gasteiger partial charge in [-0.2, -0.15) is 0 Å². The second-order valence-electron chi connectivity index (χ2n) is 9.45. The molecule has 7 nitrogen and oxygen atoms in total. The predicted molar refractivity (Wildman–Crippen MR) is 121 cm³/mol. The van der Waals surface area contributed by atoms with Crippen LogP contribution in [0.2, 0.25) is 0 Å². The number of amides is 1. The quantitative estimate of drug-likeness (QED) is 0.657. The lowest BCUT2D eigenvalue weighted by molar-refractivity contribution is 0.0936. The molecule has 2 N–H and O–H groups in total. The van der Waals surface area contributed by atoms with Crippen LogP contribution < -0.4 is 10.2 Å². The smallest absolute Gasteiger partial charge is 0.253 e. The minimum atomic E-state index is 0.0789. The van der Waals surface area contributed by atoms with Gasteiger partial charge in [0.1, 0.15) is 0 Å². The molecule has 7 heteroatoms. The minimum absolute atomic E-state index is 0.0789. The van der Waals surface area contributed by atoms with Crippen LogP contribution in [-0.2, 0) is 23.0 Å². The number of anilines is 1. The van der Waals surface area contributed by atoms with Crippen LogP contribution in [0.25, 0.3) is 22.5 Å². The second-order valence-corrected chi connectivity index (χ2v) is 9.45. The van der Waals surface area contributed by atoms with E-state index in [0.29, 0.717) is 0 Å². The molecule has 1 spiro atoms. The number of morpholine rings is 1. The van der Waals surface area contributed by atoms with Gasteiger partial charge < -0.3 is 19.9 Å². The van der Waals surface area contributed by atoms with Crippen molar-refractivity contribution >= 4 is 11.6 Å². The van der Waals surface area contributed by atoms with Crippen molar-refractivity contribution in [3.05, 3.63) is 53.1 Å². The molecule has 0 bridgehead atoms. The molecule has 32 heavy (non-hydrogen) atoms. The van der Waals surface area contributed by atoms with E-state index in [1.54, 1.807) is 0 Å². The highest BCUT2D eigenvalue weighted by atomic mass is 16.5. The number of carbonyl (C=O) groups is 1. The highest BCUT2D eigenvalue weighted by Crippen LogP contribution is 2.52. The van der Waals surface area contributed by atoms with Crippen molar-refractivity contribution in [2.45, 2.75) is 31.1 Å². The zero-order chi connectivity index (χ0) is 21.3. The lowest BCUT2D eigenvalue weighted by atomic mass is 9.86. The molecular weight excluding hydrogens is 402 g/mol. The molecule has 7 rings (SSSR count). The average Bonchev–Trinajstić information content (AvgIpc) is 3.51. The van der Waals surface area contributed by atoms with Crippen LogP contribution >= 0.6 is 0 Å². The van der Waals surface area contributed by atoms with Crippen LogP contribution in [0, 0.1) is 0 Å². The molecule has 4 aliphatic rings. The van der Waals surface area contributed by atoms with Crippen molar-refractivity contribution < 1.29 is 9.53 Å². The number of pyridine rings is 2. The molecule has 0 radical (unpaired) electrons. The lowest BCUT2D eigenvalue weighted by Crippen LogP contribution is -2.39. The summed E-state index contributed by atoms with van der Waals surface area (Å²) in [5, 5.41) is 3.13. The van der Waals surface area contributed by atoms with Crippen molar-refractivity contribution in [1.29, 1.82) is 0 Å². The minimum Gasteiger partial charge on any atom is -0.378 e. The fourth-order valence-corrected chi connectivity index (χ4v) is 5.57. The Morgan fingerprint density at radius 1 is 1.06 bits per heavy atom. The first-order valence-corrected chi connectivity index (χ1v) is 11.5. The lowest BCUT2D eigenvalue weighted by Gasteiger charge is -2.28. The maximum Gasteiger partial charge on any atom is 0.253 e. The Bertz CT molecular complexity index is 1250. The highest BCUT2D eigenvalue weighted by Gasteiger charge is 2.51. The van der Waals surface area contributed by atoms with Gasteiger partial charge in [0.2, 0.25) is 0 Å². The molecule has 1 saturated heterocycles. The number of aromatic amines is 1. The highest BCUT2D eigenvalue weighted by molar-refractivity contribution is 6.01. The van der Waals surface area contributed by atoms with Gasteiger partial charge >= 0.3 is 0 Å². The van der Waals surface area contributed by atoms with Crippen LogP contribution in [-0.4, -0.2) is 53.7 Å². The molecule has 2 fully saturated rings. The monoisotopic (exact) mass is 427 g/mol. The molecule has 2 aliphatic carbocycles. The van der Waals surface area contributed by atoms with Crippen LogP contribution in [0.3, 0.4) is 0 Å². The second kappa shape index (κ2) is 6.65. The third-order valence-electron chi connectivity index (χ3n) is 7.60. The Hall–Kier alpha value is -3.19. The number of aryl methyl sites for hydroxylation is 1. The largest absolute Gasteiger partial charge is 0.378 e. The summed E-state index contributed by atoms with van der Waals surface area (Å²) in [5.74, 6) is 0.0789. The number of fused-ring (bicyclic) bond motifs is 6. The Labute approximate surface area is 186 Å². The van der Waals surface area contributed by atoms with Gasteiger partial charge in [-0.1, -0.05) is 0 Å². The number of H-pyrrole nitrogens is 1. The van der Waals surface area contributed by atoms with E-state index in [-0.39, 0.29) is 11.3 Å². The molecule has 1 saturated carbocycles. The van der Waals surface area contributed by atoms with E-state index >= 15 is 0 Å². The average molecular weight is 428 g/mol. The van der Waals surface area contributed by atoms with Gasteiger partial charge in [-0.25, -0.2) is 0 Å². The van der Waals surface area contributed by atoms with Gasteiger partial charge in [-0.05, 0) is 48.9 Å². The molecule has 3 aromatic rings. The molecule has 162 valence electrons. The fraction of sp³-hybridized carbons (Fsp3) is 0.400. The number of nitrogens with zero attached hydrogens (tertiary/aromatic N) is 3. The molecule has 5 heterocycles. The van der Waals surface area contributed by atoms with E-state index in [0.717, 1.165) is 92.4 Å². The molecule has 2 aliphatic heterocycles. The Balaban J connectivity index is 1.31. The number of aromatic nitrogens is 3. The van der Waals surface area contributed by atoms with Crippen molar-refractivity contribution in [2.75, 3.05) is 37.7 Å². The van der Waals surface area contributed by atoms with E-state index in [1.165, 1.54) is 16.7 Å². The van der Waals surface area contributed by atoms with Crippen LogP contribution in [0.15, 0.2) is 30.7 Å². The first-order chi connectivity index (χ1) is 15.7. The maximum absolute atomic E-state index is 12.8. The first-order valence-electron chi connectivity index (χ1n) is 11.5. The maximum atomic E-state index is 12.8. The van der Waals surface area contributed by atoms with E-state index in [4.69, 9.17) is 9.72 Å². The number of nitrogens with one attached hydrogen (secondary N) is 2. The van der Waals surface area contributed by atoms with E-state index in [2.05, 4.69) is 32.3 Å². The van der Waals surface area contributed by atoms with Crippen molar-refractivity contribution in [1.82, 2.24) is 20.3 Å². The summed E-state index contributed by atoms with van der Waals surface area (Å²) in [5.41, 5.74) is 9.93. The number of hydrogen-bond donors (Lipinski definition) is 2. The third kappa shape index (κ3) is 2.67. The summed E-state index contributed by atoms with van der Waals surface area (Å²) in [6.45, 7) is 4.01. The summed E-state index contributed by atoms with van der Waals surface area (Å²) >= 11 is 0. The van der Waals surface area contributed by atoms with Gasteiger partial charge in [0.15, 0.2) is 0 Å². The molecule has 0 unspecified atom stereocenters. The molecule has 0 atom stereocenters. The van der Waals surface area contributed by atoms with Crippen molar-refractivity contribution in [3.8, 4) is 22.5 Å². The summed E-state index contributed by atoms with van der Waals surface area (Å²) in [6.07, 6.45) is 9.88. The van der Waals surface area contributed by atoms with E-state index < -0.39 is 0 Å². The summed E-state index contributed by atoms with van der Waals surface area (Å²) in [7, 11) is 0. The fourth-order valence-electron chi connectivity index (χ4n) is 5.57. The zero-order valence-electron chi connectivity index (χ0n) is 17.9. The number of ether oxygens (including phenoxy) is 1.